The lowest BCUT2D eigenvalue weighted by molar-refractivity contribution is -0.384. The number of hydrogen-bond acceptors (Lipinski definition) is 5. The number of nitrogens with zero attached hydrogens (tertiary/aromatic N) is 3. The Morgan fingerprint density at radius 3 is 2.45 bits per heavy atom. The molecule has 0 saturated carbocycles. The predicted octanol–water partition coefficient (Wildman–Crippen LogP) is 0.697. The van der Waals surface area contributed by atoms with Crippen molar-refractivity contribution in [3.8, 4) is 0 Å². The first-order valence-corrected chi connectivity index (χ1v) is 6.99. The van der Waals surface area contributed by atoms with Crippen LogP contribution in [0.1, 0.15) is 6.92 Å². The van der Waals surface area contributed by atoms with Crippen LogP contribution in [0.5, 0.6) is 0 Å². The maximum Gasteiger partial charge on any atom is 0.271 e. The van der Waals surface area contributed by atoms with Gasteiger partial charge in [-0.25, -0.2) is 0 Å². The highest BCUT2D eigenvalue weighted by Crippen LogP contribution is 2.16. The molecule has 1 aliphatic heterocycles. The molecule has 1 heterocycles. The Bertz CT molecular complexity index is 582. The van der Waals surface area contributed by atoms with E-state index < -0.39 is 4.92 Å². The van der Waals surface area contributed by atoms with Crippen molar-refractivity contribution in [3.05, 3.63) is 34.4 Å². The molecule has 1 saturated heterocycles. The fourth-order valence-electron chi connectivity index (χ4n) is 2.29. The monoisotopic (exact) mass is 306 g/mol. The molecule has 8 heteroatoms. The first kappa shape index (κ1) is 15.7. The standard InChI is InChI=1S/C14H18N4O4/c1-11(19)16-5-7-17(8-6-16)14(20)10-15-12-3-2-4-13(9-12)18(21)22/h2-4,9,15H,5-8,10H2,1H3. The Morgan fingerprint density at radius 1 is 1.23 bits per heavy atom. The second-order valence-electron chi connectivity index (χ2n) is 5.05. The second-order valence-corrected chi connectivity index (χ2v) is 5.05. The summed E-state index contributed by atoms with van der Waals surface area (Å²) in [5, 5.41) is 13.6. The van der Waals surface area contributed by atoms with Crippen LogP contribution >= 0.6 is 0 Å². The summed E-state index contributed by atoms with van der Waals surface area (Å²) in [7, 11) is 0. The molecule has 0 unspecified atom stereocenters. The number of carbonyl (C=O) groups is 2. The zero-order chi connectivity index (χ0) is 16.1. The zero-order valence-corrected chi connectivity index (χ0v) is 12.3. The lowest BCUT2D eigenvalue weighted by Gasteiger charge is -2.34. The third kappa shape index (κ3) is 3.94. The van der Waals surface area contributed by atoms with Crippen molar-refractivity contribution in [2.24, 2.45) is 0 Å². The van der Waals surface area contributed by atoms with Gasteiger partial charge in [-0.3, -0.25) is 19.7 Å². The van der Waals surface area contributed by atoms with E-state index in [2.05, 4.69) is 5.32 Å². The van der Waals surface area contributed by atoms with E-state index in [-0.39, 0.29) is 24.0 Å². The number of rotatable bonds is 4. The number of non-ortho nitro benzene ring substituents is 1. The van der Waals surface area contributed by atoms with E-state index in [4.69, 9.17) is 0 Å². The van der Waals surface area contributed by atoms with E-state index in [1.807, 2.05) is 0 Å². The minimum absolute atomic E-state index is 0.0156. The third-order valence-electron chi connectivity index (χ3n) is 3.58. The maximum atomic E-state index is 12.1. The van der Waals surface area contributed by atoms with Crippen molar-refractivity contribution >= 4 is 23.2 Å². The zero-order valence-electron chi connectivity index (χ0n) is 12.3. The molecular formula is C14H18N4O4. The molecule has 1 aromatic rings. The molecule has 8 nitrogen and oxygen atoms in total. The SMILES string of the molecule is CC(=O)N1CCN(C(=O)CNc2cccc([N+](=O)[O-])c2)CC1. The average molecular weight is 306 g/mol. The summed E-state index contributed by atoms with van der Waals surface area (Å²) in [5.74, 6) is -0.0727. The number of anilines is 1. The topological polar surface area (TPSA) is 95.8 Å². The highest BCUT2D eigenvalue weighted by molar-refractivity contribution is 5.81. The molecule has 0 atom stereocenters. The Labute approximate surface area is 127 Å². The Morgan fingerprint density at radius 2 is 1.86 bits per heavy atom. The first-order chi connectivity index (χ1) is 10.5. The van der Waals surface area contributed by atoms with Gasteiger partial charge in [0.1, 0.15) is 0 Å². The lowest BCUT2D eigenvalue weighted by Crippen LogP contribution is -2.51. The second kappa shape index (κ2) is 6.88. The minimum Gasteiger partial charge on any atom is -0.376 e. The van der Waals surface area contributed by atoms with Crippen molar-refractivity contribution in [1.82, 2.24) is 9.80 Å². The highest BCUT2D eigenvalue weighted by atomic mass is 16.6. The third-order valence-corrected chi connectivity index (χ3v) is 3.58. The largest absolute Gasteiger partial charge is 0.376 e. The van der Waals surface area contributed by atoms with Crippen LogP contribution in [0.15, 0.2) is 24.3 Å². The number of carbonyl (C=O) groups excluding carboxylic acids is 2. The molecule has 2 rings (SSSR count). The molecule has 0 aromatic heterocycles. The van der Waals surface area contributed by atoms with Crippen LogP contribution in [0.25, 0.3) is 0 Å². The molecule has 2 amide bonds. The number of piperazine rings is 1. The Hall–Kier alpha value is -2.64. The van der Waals surface area contributed by atoms with Gasteiger partial charge in [-0.2, -0.15) is 0 Å². The van der Waals surface area contributed by atoms with Gasteiger partial charge in [-0.1, -0.05) is 6.07 Å². The van der Waals surface area contributed by atoms with Gasteiger partial charge in [0.25, 0.3) is 5.69 Å². The van der Waals surface area contributed by atoms with Crippen molar-refractivity contribution in [2.45, 2.75) is 6.92 Å². The molecule has 1 fully saturated rings. The van der Waals surface area contributed by atoms with Crippen LogP contribution in [0, 0.1) is 10.1 Å². The predicted molar refractivity (Wildman–Crippen MR) is 80.4 cm³/mol. The van der Waals surface area contributed by atoms with Crippen LogP contribution in [-0.2, 0) is 9.59 Å². The average Bonchev–Trinajstić information content (AvgIpc) is 2.53. The number of nitro benzene ring substituents is 1. The van der Waals surface area contributed by atoms with Gasteiger partial charge in [0.2, 0.25) is 11.8 Å². The number of nitro groups is 1. The summed E-state index contributed by atoms with van der Waals surface area (Å²) in [6.07, 6.45) is 0. The van der Waals surface area contributed by atoms with E-state index >= 15 is 0 Å². The summed E-state index contributed by atoms with van der Waals surface area (Å²) >= 11 is 0. The highest BCUT2D eigenvalue weighted by Gasteiger charge is 2.22. The van der Waals surface area contributed by atoms with Crippen LogP contribution in [-0.4, -0.2) is 59.3 Å². The molecule has 1 aromatic carbocycles. The van der Waals surface area contributed by atoms with E-state index in [0.29, 0.717) is 31.9 Å². The molecule has 0 bridgehead atoms. The number of nitrogens with one attached hydrogen (secondary N) is 1. The molecule has 1 aliphatic rings. The van der Waals surface area contributed by atoms with Crippen molar-refractivity contribution in [2.75, 3.05) is 38.0 Å². The van der Waals surface area contributed by atoms with Gasteiger partial charge >= 0.3 is 0 Å². The summed E-state index contributed by atoms with van der Waals surface area (Å²) < 4.78 is 0. The first-order valence-electron chi connectivity index (χ1n) is 6.99. The smallest absolute Gasteiger partial charge is 0.271 e. The molecule has 0 spiro atoms. The molecule has 1 N–H and O–H groups in total. The van der Waals surface area contributed by atoms with Crippen LogP contribution < -0.4 is 5.32 Å². The normalized spacial score (nSPS) is 14.6. The van der Waals surface area contributed by atoms with Crippen molar-refractivity contribution in [3.63, 3.8) is 0 Å². The van der Waals surface area contributed by atoms with E-state index in [1.165, 1.54) is 19.1 Å². The fourth-order valence-corrected chi connectivity index (χ4v) is 2.29. The number of amides is 2. The maximum absolute atomic E-state index is 12.1. The van der Waals surface area contributed by atoms with Crippen LogP contribution in [0.2, 0.25) is 0 Å². The van der Waals surface area contributed by atoms with E-state index in [9.17, 15) is 19.7 Å². The van der Waals surface area contributed by atoms with E-state index in [1.54, 1.807) is 21.9 Å². The van der Waals surface area contributed by atoms with Crippen molar-refractivity contribution in [1.29, 1.82) is 0 Å². The van der Waals surface area contributed by atoms with Crippen LogP contribution in [0.4, 0.5) is 11.4 Å². The summed E-state index contributed by atoms with van der Waals surface area (Å²) in [6.45, 7) is 3.68. The summed E-state index contributed by atoms with van der Waals surface area (Å²) in [6, 6.07) is 6.03. The summed E-state index contributed by atoms with van der Waals surface area (Å²) in [4.78, 5) is 36.9. The molecule has 0 radical (unpaired) electrons. The molecule has 22 heavy (non-hydrogen) atoms. The Balaban J connectivity index is 1.84. The van der Waals surface area contributed by atoms with Gasteiger partial charge < -0.3 is 15.1 Å². The van der Waals surface area contributed by atoms with Gasteiger partial charge in [0, 0.05) is 50.9 Å². The van der Waals surface area contributed by atoms with Gasteiger partial charge in [0.15, 0.2) is 0 Å². The quantitative estimate of drug-likeness (QED) is 0.652. The summed E-state index contributed by atoms with van der Waals surface area (Å²) in [5.41, 5.74) is 0.512. The van der Waals surface area contributed by atoms with Gasteiger partial charge in [-0.15, -0.1) is 0 Å². The van der Waals surface area contributed by atoms with Gasteiger partial charge in [0.05, 0.1) is 11.5 Å². The minimum atomic E-state index is -0.478. The Kier molecular flexibility index (Phi) is 4.92. The molecule has 0 aliphatic carbocycles. The molecule has 118 valence electrons. The van der Waals surface area contributed by atoms with Gasteiger partial charge in [-0.05, 0) is 6.07 Å². The van der Waals surface area contributed by atoms with Crippen LogP contribution in [0.3, 0.4) is 0 Å². The van der Waals surface area contributed by atoms with Crippen molar-refractivity contribution < 1.29 is 14.5 Å². The number of benzene rings is 1. The fraction of sp³-hybridized carbons (Fsp3) is 0.429. The molecular weight excluding hydrogens is 288 g/mol. The lowest BCUT2D eigenvalue weighted by atomic mass is 10.2. The van der Waals surface area contributed by atoms with E-state index in [0.717, 1.165) is 0 Å². The number of hydrogen-bond donors (Lipinski definition) is 1.